The average molecular weight is 272 g/mol. The van der Waals surface area contributed by atoms with Crippen LogP contribution >= 0.6 is 11.8 Å². The molecule has 0 spiro atoms. The van der Waals surface area contributed by atoms with Crippen LogP contribution in [-0.4, -0.2) is 19.5 Å². The van der Waals surface area contributed by atoms with Gasteiger partial charge in [-0.25, -0.2) is 0 Å². The van der Waals surface area contributed by atoms with Crippen molar-refractivity contribution in [2.45, 2.75) is 9.79 Å². The third-order valence-corrected chi connectivity index (χ3v) is 3.55. The van der Waals surface area contributed by atoms with Gasteiger partial charge in [-0.15, -0.1) is 0 Å². The monoisotopic (exact) mass is 272 g/mol. The number of benzene rings is 2. The third kappa shape index (κ3) is 4.12. The number of para-hydroxylation sites is 1. The maximum Gasteiger partial charge on any atom is 0.238 e. The summed E-state index contributed by atoms with van der Waals surface area (Å²) in [5.74, 6) is -0.0383. The summed E-state index contributed by atoms with van der Waals surface area (Å²) in [4.78, 5) is 13.8. The second kappa shape index (κ2) is 6.97. The van der Waals surface area contributed by atoms with Crippen LogP contribution in [0, 0.1) is 0 Å². The summed E-state index contributed by atoms with van der Waals surface area (Å²) < 4.78 is 0. The zero-order valence-electron chi connectivity index (χ0n) is 10.7. The standard InChI is InChI=1S/C15H16N2OS/c1-16-11-15(18)17-13-9-5-6-10-14(13)19-12-7-3-2-4-8-12/h2-10,16H,11H2,1H3,(H,17,18). The fraction of sp³-hybridized carbons (Fsp3) is 0.133. The van der Waals surface area contributed by atoms with E-state index in [0.29, 0.717) is 6.54 Å². The Balaban J connectivity index is 2.14. The van der Waals surface area contributed by atoms with Gasteiger partial charge in [0.1, 0.15) is 0 Å². The molecule has 2 N–H and O–H groups in total. The highest BCUT2D eigenvalue weighted by Crippen LogP contribution is 2.32. The number of hydrogen-bond acceptors (Lipinski definition) is 3. The van der Waals surface area contributed by atoms with Crippen molar-refractivity contribution in [2.75, 3.05) is 18.9 Å². The number of carbonyl (C=O) groups is 1. The Morgan fingerprint density at radius 2 is 1.74 bits per heavy atom. The van der Waals surface area contributed by atoms with Crippen LogP contribution in [-0.2, 0) is 4.79 Å². The molecule has 0 aliphatic rings. The van der Waals surface area contributed by atoms with Crippen molar-refractivity contribution in [1.29, 1.82) is 0 Å². The van der Waals surface area contributed by atoms with Gasteiger partial charge < -0.3 is 10.6 Å². The van der Waals surface area contributed by atoms with E-state index in [0.717, 1.165) is 15.5 Å². The Morgan fingerprint density at radius 1 is 1.05 bits per heavy atom. The lowest BCUT2D eigenvalue weighted by Crippen LogP contribution is -2.25. The van der Waals surface area contributed by atoms with Crippen molar-refractivity contribution in [1.82, 2.24) is 5.32 Å². The normalized spacial score (nSPS) is 10.2. The van der Waals surface area contributed by atoms with Gasteiger partial charge in [0.2, 0.25) is 5.91 Å². The Bertz CT molecular complexity index is 543. The third-order valence-electron chi connectivity index (χ3n) is 2.47. The molecule has 0 atom stereocenters. The number of anilines is 1. The molecule has 0 unspecified atom stereocenters. The van der Waals surface area contributed by atoms with Crippen molar-refractivity contribution in [3.8, 4) is 0 Å². The maximum absolute atomic E-state index is 11.6. The zero-order chi connectivity index (χ0) is 13.5. The molecular weight excluding hydrogens is 256 g/mol. The summed E-state index contributed by atoms with van der Waals surface area (Å²) in [5.41, 5.74) is 0.844. The highest BCUT2D eigenvalue weighted by Gasteiger charge is 2.06. The van der Waals surface area contributed by atoms with Crippen LogP contribution in [0.2, 0.25) is 0 Å². The van der Waals surface area contributed by atoms with Crippen molar-refractivity contribution in [3.05, 3.63) is 54.6 Å². The lowest BCUT2D eigenvalue weighted by Gasteiger charge is -2.10. The summed E-state index contributed by atoms with van der Waals surface area (Å²) in [5, 5.41) is 5.75. The van der Waals surface area contributed by atoms with Gasteiger partial charge in [0.25, 0.3) is 0 Å². The Morgan fingerprint density at radius 3 is 2.47 bits per heavy atom. The molecule has 3 nitrogen and oxygen atoms in total. The molecule has 0 aliphatic heterocycles. The van der Waals surface area contributed by atoms with Crippen LogP contribution in [0.1, 0.15) is 0 Å². The Labute approximate surface area is 117 Å². The molecule has 19 heavy (non-hydrogen) atoms. The molecular formula is C15H16N2OS. The maximum atomic E-state index is 11.6. The van der Waals surface area contributed by atoms with Gasteiger partial charge in [0.15, 0.2) is 0 Å². The van der Waals surface area contributed by atoms with Gasteiger partial charge >= 0.3 is 0 Å². The predicted octanol–water partition coefficient (Wildman–Crippen LogP) is 3.00. The SMILES string of the molecule is CNCC(=O)Nc1ccccc1Sc1ccccc1. The molecule has 0 saturated heterocycles. The average Bonchev–Trinajstić information content (AvgIpc) is 2.42. The van der Waals surface area contributed by atoms with Crippen molar-refractivity contribution in [3.63, 3.8) is 0 Å². The van der Waals surface area contributed by atoms with Gasteiger partial charge in [-0.3, -0.25) is 4.79 Å². The molecule has 98 valence electrons. The van der Waals surface area contributed by atoms with Gasteiger partial charge in [-0.1, -0.05) is 42.1 Å². The zero-order valence-corrected chi connectivity index (χ0v) is 11.5. The van der Waals surface area contributed by atoms with E-state index in [9.17, 15) is 4.79 Å². The number of hydrogen-bond donors (Lipinski definition) is 2. The fourth-order valence-electron chi connectivity index (χ4n) is 1.63. The molecule has 2 aromatic carbocycles. The summed E-state index contributed by atoms with van der Waals surface area (Å²) in [7, 11) is 1.75. The number of rotatable bonds is 5. The van der Waals surface area contributed by atoms with Crippen molar-refractivity contribution in [2.24, 2.45) is 0 Å². The van der Waals surface area contributed by atoms with Crippen LogP contribution in [0.4, 0.5) is 5.69 Å². The van der Waals surface area contributed by atoms with Crippen LogP contribution in [0.15, 0.2) is 64.4 Å². The number of likely N-dealkylation sites (N-methyl/N-ethyl adjacent to an activating group) is 1. The highest BCUT2D eigenvalue weighted by molar-refractivity contribution is 7.99. The van der Waals surface area contributed by atoms with Gasteiger partial charge in [-0.05, 0) is 31.3 Å². The molecule has 0 aliphatic carbocycles. The second-order valence-corrected chi connectivity index (χ2v) is 5.11. The summed E-state index contributed by atoms with van der Waals surface area (Å²) >= 11 is 1.64. The van der Waals surface area contributed by atoms with Crippen LogP contribution in [0.25, 0.3) is 0 Å². The lowest BCUT2D eigenvalue weighted by atomic mass is 10.3. The Hall–Kier alpha value is -1.78. The quantitative estimate of drug-likeness (QED) is 0.879. The molecule has 0 heterocycles. The molecule has 1 amide bonds. The minimum absolute atomic E-state index is 0.0383. The largest absolute Gasteiger partial charge is 0.324 e. The molecule has 0 aromatic heterocycles. The minimum Gasteiger partial charge on any atom is -0.324 e. The van der Waals surface area contributed by atoms with Crippen molar-refractivity contribution >= 4 is 23.4 Å². The first-order valence-electron chi connectivity index (χ1n) is 6.06. The van der Waals surface area contributed by atoms with E-state index in [4.69, 9.17) is 0 Å². The van der Waals surface area contributed by atoms with Gasteiger partial charge in [-0.2, -0.15) is 0 Å². The van der Waals surface area contributed by atoms with Crippen LogP contribution < -0.4 is 10.6 Å². The Kier molecular flexibility index (Phi) is 5.01. The van der Waals surface area contributed by atoms with Gasteiger partial charge in [0.05, 0.1) is 12.2 Å². The van der Waals surface area contributed by atoms with E-state index in [-0.39, 0.29) is 5.91 Å². The first-order chi connectivity index (χ1) is 9.29. The number of carbonyl (C=O) groups excluding carboxylic acids is 1. The van der Waals surface area contributed by atoms with E-state index >= 15 is 0 Å². The van der Waals surface area contributed by atoms with Gasteiger partial charge in [0, 0.05) is 9.79 Å². The van der Waals surface area contributed by atoms with E-state index < -0.39 is 0 Å². The van der Waals surface area contributed by atoms with Crippen molar-refractivity contribution < 1.29 is 4.79 Å². The van der Waals surface area contributed by atoms with Crippen LogP contribution in [0.5, 0.6) is 0 Å². The smallest absolute Gasteiger partial charge is 0.238 e. The molecule has 2 rings (SSSR count). The number of amides is 1. The molecule has 2 aromatic rings. The minimum atomic E-state index is -0.0383. The first kappa shape index (κ1) is 13.6. The number of nitrogens with one attached hydrogen (secondary N) is 2. The molecule has 0 radical (unpaired) electrons. The summed E-state index contributed by atoms with van der Waals surface area (Å²) in [6.07, 6.45) is 0. The fourth-order valence-corrected chi connectivity index (χ4v) is 2.55. The van der Waals surface area contributed by atoms with E-state index in [2.05, 4.69) is 22.8 Å². The molecule has 4 heteroatoms. The topological polar surface area (TPSA) is 41.1 Å². The van der Waals surface area contributed by atoms with Crippen LogP contribution in [0.3, 0.4) is 0 Å². The van der Waals surface area contributed by atoms with E-state index in [1.807, 2.05) is 42.5 Å². The summed E-state index contributed by atoms with van der Waals surface area (Å²) in [6, 6.07) is 17.9. The van der Waals surface area contributed by atoms with E-state index in [1.165, 1.54) is 0 Å². The van der Waals surface area contributed by atoms with E-state index in [1.54, 1.807) is 18.8 Å². The predicted molar refractivity (Wildman–Crippen MR) is 79.6 cm³/mol. The lowest BCUT2D eigenvalue weighted by molar-refractivity contribution is -0.115. The highest BCUT2D eigenvalue weighted by atomic mass is 32.2. The molecule has 0 fully saturated rings. The second-order valence-electron chi connectivity index (χ2n) is 3.99. The summed E-state index contributed by atoms with van der Waals surface area (Å²) in [6.45, 7) is 0.310. The molecule has 0 bridgehead atoms. The first-order valence-corrected chi connectivity index (χ1v) is 6.87. The molecule has 0 saturated carbocycles.